The minimum atomic E-state index is -0.261. The Hall–Kier alpha value is -2.08. The fraction of sp³-hybridized carbons (Fsp3) is 0.619. The van der Waals surface area contributed by atoms with E-state index >= 15 is 0 Å². The molecule has 1 N–H and O–H groups in total. The first-order chi connectivity index (χ1) is 12.9. The molecule has 0 spiro atoms. The van der Waals surface area contributed by atoms with Crippen LogP contribution in [-0.2, 0) is 9.59 Å². The van der Waals surface area contributed by atoms with Crippen molar-refractivity contribution in [1.82, 2.24) is 9.80 Å². The number of hydrogen-bond donors (Lipinski definition) is 1. The lowest BCUT2D eigenvalue weighted by Gasteiger charge is -2.32. The molecule has 0 radical (unpaired) electrons. The van der Waals surface area contributed by atoms with Crippen LogP contribution in [0.15, 0.2) is 24.3 Å². The Morgan fingerprint density at radius 3 is 2.48 bits per heavy atom. The second-order valence-corrected chi connectivity index (χ2v) is 8.25. The Kier molecular flexibility index (Phi) is 6.37. The molecule has 1 aromatic carbocycles. The van der Waals surface area contributed by atoms with E-state index in [9.17, 15) is 9.59 Å². The van der Waals surface area contributed by atoms with Gasteiger partial charge in [-0.3, -0.25) is 9.59 Å². The van der Waals surface area contributed by atoms with Crippen LogP contribution in [0.1, 0.15) is 26.2 Å². The van der Waals surface area contributed by atoms with Gasteiger partial charge in [0.1, 0.15) is 0 Å². The van der Waals surface area contributed by atoms with E-state index in [2.05, 4.69) is 29.3 Å². The van der Waals surface area contributed by atoms with E-state index in [-0.39, 0.29) is 17.7 Å². The zero-order chi connectivity index (χ0) is 19.4. The molecule has 2 saturated heterocycles. The summed E-state index contributed by atoms with van der Waals surface area (Å²) < 4.78 is 0. The van der Waals surface area contributed by atoms with Gasteiger partial charge in [-0.2, -0.15) is 0 Å². The third-order valence-corrected chi connectivity index (χ3v) is 5.69. The molecule has 2 aliphatic heterocycles. The lowest BCUT2D eigenvalue weighted by atomic mass is 9.99. The summed E-state index contributed by atoms with van der Waals surface area (Å²) in [6, 6.07) is 8.08. The number of piperidine rings is 1. The molecule has 1 unspecified atom stereocenters. The second-order valence-electron chi connectivity index (χ2n) is 8.25. The summed E-state index contributed by atoms with van der Waals surface area (Å²) in [6.45, 7) is 6.52. The molecule has 2 heterocycles. The molecule has 2 aliphatic rings. The number of likely N-dealkylation sites (tertiary alicyclic amines) is 1. The number of rotatable bonds is 6. The van der Waals surface area contributed by atoms with Crippen molar-refractivity contribution in [1.29, 1.82) is 0 Å². The number of nitrogens with zero attached hydrogens (tertiary/aromatic N) is 3. The highest BCUT2D eigenvalue weighted by Gasteiger charge is 2.34. The van der Waals surface area contributed by atoms with Crippen molar-refractivity contribution in [3.63, 3.8) is 0 Å². The van der Waals surface area contributed by atoms with Crippen LogP contribution in [0.3, 0.4) is 0 Å². The third-order valence-electron chi connectivity index (χ3n) is 5.69. The van der Waals surface area contributed by atoms with Gasteiger partial charge >= 0.3 is 0 Å². The first kappa shape index (κ1) is 19.7. The summed E-state index contributed by atoms with van der Waals surface area (Å²) in [5.41, 5.74) is 2.01. The summed E-state index contributed by atoms with van der Waals surface area (Å²) in [7, 11) is 3.97. The normalized spacial score (nSPS) is 21.2. The van der Waals surface area contributed by atoms with Gasteiger partial charge in [-0.05, 0) is 57.1 Å². The van der Waals surface area contributed by atoms with Crippen LogP contribution in [-0.4, -0.2) is 68.4 Å². The van der Waals surface area contributed by atoms with E-state index in [0.717, 1.165) is 31.2 Å². The molecule has 2 amide bonds. The minimum Gasteiger partial charge on any atom is -0.372 e. The molecule has 27 heavy (non-hydrogen) atoms. The topological polar surface area (TPSA) is 55.9 Å². The Bertz CT molecular complexity index is 651. The maximum absolute atomic E-state index is 12.6. The Morgan fingerprint density at radius 1 is 1.19 bits per heavy atom. The van der Waals surface area contributed by atoms with Crippen LogP contribution >= 0.6 is 0 Å². The SMILES string of the molecule is CC1CCN(c2ccc(NC(=O)C3CC(=O)N(CCN(C)C)C3)cc2)CC1. The van der Waals surface area contributed by atoms with E-state index in [1.807, 2.05) is 31.1 Å². The lowest BCUT2D eigenvalue weighted by molar-refractivity contribution is -0.128. The zero-order valence-corrected chi connectivity index (χ0v) is 16.8. The van der Waals surface area contributed by atoms with Crippen molar-refractivity contribution >= 4 is 23.2 Å². The predicted molar refractivity (Wildman–Crippen MR) is 109 cm³/mol. The Balaban J connectivity index is 1.51. The first-order valence-corrected chi connectivity index (χ1v) is 10.0. The molecule has 148 valence electrons. The molecular formula is C21H32N4O2. The quantitative estimate of drug-likeness (QED) is 0.832. The van der Waals surface area contributed by atoms with Gasteiger partial charge in [0.25, 0.3) is 0 Å². The van der Waals surface area contributed by atoms with E-state index in [1.165, 1.54) is 18.5 Å². The van der Waals surface area contributed by atoms with Crippen molar-refractivity contribution in [3.05, 3.63) is 24.3 Å². The first-order valence-electron chi connectivity index (χ1n) is 10.0. The molecule has 0 aliphatic carbocycles. The van der Waals surface area contributed by atoms with Gasteiger partial charge in [0.15, 0.2) is 0 Å². The van der Waals surface area contributed by atoms with Crippen molar-refractivity contribution < 1.29 is 9.59 Å². The van der Waals surface area contributed by atoms with E-state index in [0.29, 0.717) is 19.5 Å². The minimum absolute atomic E-state index is 0.0600. The largest absolute Gasteiger partial charge is 0.372 e. The number of likely N-dealkylation sites (N-methyl/N-ethyl adjacent to an activating group) is 1. The summed E-state index contributed by atoms with van der Waals surface area (Å²) in [5, 5.41) is 2.98. The smallest absolute Gasteiger partial charge is 0.229 e. The van der Waals surface area contributed by atoms with Crippen molar-refractivity contribution in [2.24, 2.45) is 11.8 Å². The van der Waals surface area contributed by atoms with Gasteiger partial charge in [-0.1, -0.05) is 6.92 Å². The molecule has 1 atom stereocenters. The van der Waals surface area contributed by atoms with Crippen LogP contribution in [0.4, 0.5) is 11.4 Å². The summed E-state index contributed by atoms with van der Waals surface area (Å²) in [5.74, 6) is 0.566. The highest BCUT2D eigenvalue weighted by Crippen LogP contribution is 2.25. The number of benzene rings is 1. The fourth-order valence-electron chi connectivity index (χ4n) is 3.75. The highest BCUT2D eigenvalue weighted by atomic mass is 16.2. The van der Waals surface area contributed by atoms with Gasteiger partial charge < -0.3 is 20.0 Å². The van der Waals surface area contributed by atoms with Gasteiger partial charge in [0.05, 0.1) is 5.92 Å². The highest BCUT2D eigenvalue weighted by molar-refractivity contribution is 5.97. The van der Waals surface area contributed by atoms with Crippen LogP contribution < -0.4 is 10.2 Å². The molecule has 6 nitrogen and oxygen atoms in total. The van der Waals surface area contributed by atoms with E-state index in [4.69, 9.17) is 0 Å². The van der Waals surface area contributed by atoms with Crippen molar-refractivity contribution in [3.8, 4) is 0 Å². The van der Waals surface area contributed by atoms with E-state index < -0.39 is 0 Å². The Morgan fingerprint density at radius 2 is 1.85 bits per heavy atom. The maximum atomic E-state index is 12.6. The van der Waals surface area contributed by atoms with E-state index in [1.54, 1.807) is 4.90 Å². The van der Waals surface area contributed by atoms with Crippen LogP contribution in [0.2, 0.25) is 0 Å². The maximum Gasteiger partial charge on any atom is 0.229 e. The van der Waals surface area contributed by atoms with Gasteiger partial charge in [-0.25, -0.2) is 0 Å². The van der Waals surface area contributed by atoms with Crippen LogP contribution in [0.25, 0.3) is 0 Å². The number of anilines is 2. The molecule has 6 heteroatoms. The predicted octanol–water partition coefficient (Wildman–Crippen LogP) is 2.27. The van der Waals surface area contributed by atoms with Crippen LogP contribution in [0.5, 0.6) is 0 Å². The molecule has 2 fully saturated rings. The molecule has 0 bridgehead atoms. The number of amides is 2. The summed E-state index contributed by atoms with van der Waals surface area (Å²) in [4.78, 5) is 30.9. The molecule has 0 aromatic heterocycles. The second kappa shape index (κ2) is 8.74. The van der Waals surface area contributed by atoms with Crippen molar-refractivity contribution in [2.75, 3.05) is 57.0 Å². The summed E-state index contributed by atoms with van der Waals surface area (Å²) in [6.07, 6.45) is 2.78. The standard InChI is InChI=1S/C21H32N4O2/c1-16-8-10-24(11-9-16)19-6-4-18(5-7-19)22-21(27)17-14-20(26)25(15-17)13-12-23(2)3/h4-7,16-17H,8-15H2,1-3H3,(H,22,27). The van der Waals surface area contributed by atoms with Gasteiger partial charge in [0.2, 0.25) is 11.8 Å². The summed E-state index contributed by atoms with van der Waals surface area (Å²) >= 11 is 0. The Labute approximate surface area is 162 Å². The van der Waals surface area contributed by atoms with Crippen molar-refractivity contribution in [2.45, 2.75) is 26.2 Å². The fourth-order valence-corrected chi connectivity index (χ4v) is 3.75. The molecule has 1 aromatic rings. The van der Waals surface area contributed by atoms with Gasteiger partial charge in [0, 0.05) is 50.5 Å². The average Bonchev–Trinajstić information content (AvgIpc) is 3.02. The number of hydrogen-bond acceptors (Lipinski definition) is 4. The molecule has 0 saturated carbocycles. The zero-order valence-electron chi connectivity index (χ0n) is 16.8. The third kappa shape index (κ3) is 5.22. The molecular weight excluding hydrogens is 340 g/mol. The number of carbonyl (C=O) groups is 2. The lowest BCUT2D eigenvalue weighted by Crippen LogP contribution is -2.34. The monoisotopic (exact) mass is 372 g/mol. The van der Waals surface area contributed by atoms with Crippen LogP contribution in [0, 0.1) is 11.8 Å². The average molecular weight is 373 g/mol. The number of nitrogens with one attached hydrogen (secondary N) is 1. The number of carbonyl (C=O) groups excluding carboxylic acids is 2. The molecule has 3 rings (SSSR count). The van der Waals surface area contributed by atoms with Gasteiger partial charge in [-0.15, -0.1) is 0 Å².